The van der Waals surface area contributed by atoms with Crippen molar-refractivity contribution in [2.24, 2.45) is 5.92 Å². The maximum absolute atomic E-state index is 13.7. The highest BCUT2D eigenvalue weighted by Crippen LogP contribution is 2.43. The molecule has 1 aliphatic carbocycles. The fourth-order valence-electron chi connectivity index (χ4n) is 6.24. The molecule has 2 amide bonds. The third-order valence-corrected chi connectivity index (χ3v) is 8.94. The highest BCUT2D eigenvalue weighted by Gasteiger charge is 2.42. The summed E-state index contributed by atoms with van der Waals surface area (Å²) in [5.41, 5.74) is 3.58. The van der Waals surface area contributed by atoms with Crippen molar-refractivity contribution in [1.82, 2.24) is 10.2 Å². The van der Waals surface area contributed by atoms with E-state index >= 15 is 0 Å². The van der Waals surface area contributed by atoms with Gasteiger partial charge in [-0.05, 0) is 106 Å². The predicted molar refractivity (Wildman–Crippen MR) is 157 cm³/mol. The van der Waals surface area contributed by atoms with Gasteiger partial charge in [-0.25, -0.2) is 4.39 Å². The van der Waals surface area contributed by atoms with Crippen LogP contribution >= 0.6 is 11.6 Å². The van der Waals surface area contributed by atoms with Gasteiger partial charge in [0, 0.05) is 23.2 Å². The number of likely N-dealkylation sites (tertiary alicyclic amines) is 1. The number of amides is 2. The SMILES string of the molecule is Cc1ccc(NC(=O)C(C)C)cc1C1CCN(CCCNC(=O)C2(c3ccc(F)cc3Cl)CCCCC2)CC1. The lowest BCUT2D eigenvalue weighted by atomic mass is 9.68. The maximum atomic E-state index is 13.7. The second kappa shape index (κ2) is 13.3. The Balaban J connectivity index is 1.27. The first-order valence-electron chi connectivity index (χ1n) is 14.6. The van der Waals surface area contributed by atoms with Gasteiger partial charge in [0.15, 0.2) is 0 Å². The summed E-state index contributed by atoms with van der Waals surface area (Å²) in [6.07, 6.45) is 7.62. The molecule has 0 radical (unpaired) electrons. The maximum Gasteiger partial charge on any atom is 0.230 e. The number of carbonyl (C=O) groups is 2. The van der Waals surface area contributed by atoms with Gasteiger partial charge in [0.05, 0.1) is 5.41 Å². The summed E-state index contributed by atoms with van der Waals surface area (Å²) in [5, 5.41) is 6.57. The number of carbonyl (C=O) groups excluding carboxylic acids is 2. The van der Waals surface area contributed by atoms with Crippen LogP contribution in [0.3, 0.4) is 0 Å². The van der Waals surface area contributed by atoms with Crippen LogP contribution in [0.15, 0.2) is 36.4 Å². The van der Waals surface area contributed by atoms with Crippen molar-refractivity contribution in [3.05, 3.63) is 63.9 Å². The van der Waals surface area contributed by atoms with Gasteiger partial charge in [0.25, 0.3) is 0 Å². The molecule has 2 aromatic rings. The molecule has 2 fully saturated rings. The zero-order chi connectivity index (χ0) is 28.0. The highest BCUT2D eigenvalue weighted by atomic mass is 35.5. The molecule has 0 atom stereocenters. The summed E-state index contributed by atoms with van der Waals surface area (Å²) in [6, 6.07) is 10.7. The number of piperidine rings is 1. The van der Waals surface area contributed by atoms with Crippen molar-refractivity contribution < 1.29 is 14.0 Å². The van der Waals surface area contributed by atoms with Gasteiger partial charge in [0.1, 0.15) is 5.82 Å². The number of anilines is 1. The Morgan fingerprint density at radius 2 is 1.79 bits per heavy atom. The van der Waals surface area contributed by atoms with E-state index in [-0.39, 0.29) is 23.5 Å². The lowest BCUT2D eigenvalue weighted by Gasteiger charge is -2.37. The highest BCUT2D eigenvalue weighted by molar-refractivity contribution is 6.31. The molecule has 1 saturated heterocycles. The molecule has 1 saturated carbocycles. The van der Waals surface area contributed by atoms with E-state index in [0.717, 1.165) is 82.3 Å². The van der Waals surface area contributed by atoms with E-state index in [0.29, 0.717) is 17.5 Å². The van der Waals surface area contributed by atoms with Crippen molar-refractivity contribution in [3.63, 3.8) is 0 Å². The minimum absolute atomic E-state index is 0.0225. The van der Waals surface area contributed by atoms with Gasteiger partial charge in [-0.2, -0.15) is 0 Å². The van der Waals surface area contributed by atoms with Crippen molar-refractivity contribution in [2.75, 3.05) is 31.5 Å². The second-order valence-corrected chi connectivity index (χ2v) is 12.1. The van der Waals surface area contributed by atoms with Crippen molar-refractivity contribution >= 4 is 29.1 Å². The summed E-state index contributed by atoms with van der Waals surface area (Å²) in [4.78, 5) is 28.1. The fourth-order valence-corrected chi connectivity index (χ4v) is 6.59. The lowest BCUT2D eigenvalue weighted by molar-refractivity contribution is -0.128. The number of hydrogen-bond acceptors (Lipinski definition) is 3. The molecule has 0 unspecified atom stereocenters. The zero-order valence-corrected chi connectivity index (χ0v) is 24.4. The van der Waals surface area contributed by atoms with Crippen molar-refractivity contribution in [1.29, 1.82) is 0 Å². The first kappa shape index (κ1) is 29.5. The quantitative estimate of drug-likeness (QED) is 0.328. The van der Waals surface area contributed by atoms with Crippen molar-refractivity contribution in [3.8, 4) is 0 Å². The smallest absolute Gasteiger partial charge is 0.230 e. The number of aryl methyl sites for hydroxylation is 1. The number of halogens is 2. The minimum atomic E-state index is -0.664. The average molecular weight is 556 g/mol. The lowest BCUT2D eigenvalue weighted by Crippen LogP contribution is -2.46. The van der Waals surface area contributed by atoms with Gasteiger partial charge < -0.3 is 15.5 Å². The number of nitrogens with one attached hydrogen (secondary N) is 2. The number of nitrogens with zero attached hydrogens (tertiary/aromatic N) is 1. The first-order valence-corrected chi connectivity index (χ1v) is 14.9. The largest absolute Gasteiger partial charge is 0.355 e. The Morgan fingerprint density at radius 3 is 2.46 bits per heavy atom. The Morgan fingerprint density at radius 1 is 1.08 bits per heavy atom. The normalized spacial score (nSPS) is 18.2. The summed E-state index contributed by atoms with van der Waals surface area (Å²) >= 11 is 6.42. The summed E-state index contributed by atoms with van der Waals surface area (Å²) in [5.74, 6) is 0.135. The zero-order valence-electron chi connectivity index (χ0n) is 23.6. The van der Waals surface area contributed by atoms with E-state index in [9.17, 15) is 14.0 Å². The molecule has 2 N–H and O–H groups in total. The Bertz CT molecular complexity index is 1150. The van der Waals surface area contributed by atoms with Gasteiger partial charge in [-0.3, -0.25) is 9.59 Å². The number of rotatable bonds is 9. The van der Waals surface area contributed by atoms with E-state index in [1.807, 2.05) is 19.9 Å². The Labute approximate surface area is 237 Å². The molecular formula is C32H43ClFN3O2. The molecule has 7 heteroatoms. The molecule has 2 aliphatic rings. The summed E-state index contributed by atoms with van der Waals surface area (Å²) < 4.78 is 13.7. The Kier molecular flexibility index (Phi) is 10.1. The van der Waals surface area contributed by atoms with Gasteiger partial charge in [0.2, 0.25) is 11.8 Å². The van der Waals surface area contributed by atoms with Gasteiger partial charge in [-0.1, -0.05) is 56.8 Å². The average Bonchev–Trinajstić information content (AvgIpc) is 2.92. The molecule has 39 heavy (non-hydrogen) atoms. The van der Waals surface area contributed by atoms with Crippen LogP contribution in [0.4, 0.5) is 10.1 Å². The van der Waals surface area contributed by atoms with Gasteiger partial charge in [-0.15, -0.1) is 0 Å². The van der Waals surface area contributed by atoms with E-state index in [1.165, 1.54) is 23.3 Å². The molecule has 0 aromatic heterocycles. The third kappa shape index (κ3) is 7.20. The third-order valence-electron chi connectivity index (χ3n) is 8.62. The molecule has 0 bridgehead atoms. The topological polar surface area (TPSA) is 61.4 Å². The molecular weight excluding hydrogens is 513 g/mol. The summed E-state index contributed by atoms with van der Waals surface area (Å²) in [6.45, 7) is 9.57. The van der Waals surface area contributed by atoms with Crippen LogP contribution in [0.25, 0.3) is 0 Å². The number of hydrogen-bond donors (Lipinski definition) is 2. The fraction of sp³-hybridized carbons (Fsp3) is 0.562. The van der Waals surface area contributed by atoms with E-state index in [4.69, 9.17) is 11.6 Å². The molecule has 1 aliphatic heterocycles. The van der Waals surface area contributed by atoms with Gasteiger partial charge >= 0.3 is 0 Å². The second-order valence-electron chi connectivity index (χ2n) is 11.7. The standard InChI is InChI=1S/C32H43ClFN3O2/c1-22(2)30(38)36-26-10-8-23(3)27(21-26)24-12-18-37(19-13-24)17-7-16-35-31(39)32(14-5-4-6-15-32)28-11-9-25(34)20-29(28)33/h8-11,20-22,24H,4-7,12-19H2,1-3H3,(H,35,39)(H,36,38). The number of benzene rings is 2. The molecule has 1 heterocycles. The van der Waals surface area contributed by atoms with Crippen LogP contribution in [0.2, 0.25) is 5.02 Å². The van der Waals surface area contributed by atoms with E-state index < -0.39 is 5.41 Å². The molecule has 5 nitrogen and oxygen atoms in total. The first-order chi connectivity index (χ1) is 18.7. The van der Waals surface area contributed by atoms with E-state index in [1.54, 1.807) is 6.07 Å². The predicted octanol–water partition coefficient (Wildman–Crippen LogP) is 6.97. The monoisotopic (exact) mass is 555 g/mol. The van der Waals surface area contributed by atoms with Crippen LogP contribution < -0.4 is 10.6 Å². The molecule has 0 spiro atoms. The van der Waals surface area contributed by atoms with Crippen LogP contribution in [0, 0.1) is 18.7 Å². The van der Waals surface area contributed by atoms with Crippen LogP contribution in [-0.4, -0.2) is 42.9 Å². The van der Waals surface area contributed by atoms with Crippen LogP contribution in [0.5, 0.6) is 0 Å². The van der Waals surface area contributed by atoms with Crippen molar-refractivity contribution in [2.45, 2.75) is 83.5 Å². The van der Waals surface area contributed by atoms with E-state index in [2.05, 4.69) is 34.6 Å². The molecule has 2 aromatic carbocycles. The van der Waals surface area contributed by atoms with Crippen LogP contribution in [0.1, 0.15) is 87.8 Å². The summed E-state index contributed by atoms with van der Waals surface area (Å²) in [7, 11) is 0. The molecule has 212 valence electrons. The minimum Gasteiger partial charge on any atom is -0.355 e. The Hall–Kier alpha value is -2.44. The molecule has 4 rings (SSSR count). The van der Waals surface area contributed by atoms with Crippen LogP contribution in [-0.2, 0) is 15.0 Å².